The first-order chi connectivity index (χ1) is 8.60. The molecule has 2 heterocycles. The van der Waals surface area contributed by atoms with E-state index in [4.69, 9.17) is 16.1 Å². The number of hydrogen-bond acceptors (Lipinski definition) is 6. The molecule has 0 aliphatic rings. The van der Waals surface area contributed by atoms with Crippen LogP contribution in [0.5, 0.6) is 0 Å². The van der Waals surface area contributed by atoms with Crippen molar-refractivity contribution in [3.8, 4) is 0 Å². The van der Waals surface area contributed by atoms with Crippen molar-refractivity contribution in [2.45, 2.75) is 26.3 Å². The first-order valence-corrected chi connectivity index (χ1v) is 5.66. The molecule has 0 spiro atoms. The SMILES string of the molecule is CCCc1nc(Cn2cc(Cl)c([N+](=O)[O-])n2)no1. The van der Waals surface area contributed by atoms with Gasteiger partial charge in [0.25, 0.3) is 0 Å². The summed E-state index contributed by atoms with van der Waals surface area (Å²) in [7, 11) is 0. The van der Waals surface area contributed by atoms with Gasteiger partial charge in [0.05, 0.1) is 11.3 Å². The van der Waals surface area contributed by atoms with Crippen molar-refractivity contribution in [1.82, 2.24) is 19.9 Å². The fourth-order valence-electron chi connectivity index (χ4n) is 1.41. The number of hydrogen-bond donors (Lipinski definition) is 0. The summed E-state index contributed by atoms with van der Waals surface area (Å²) >= 11 is 5.67. The van der Waals surface area contributed by atoms with E-state index >= 15 is 0 Å². The summed E-state index contributed by atoms with van der Waals surface area (Å²) in [5, 5.41) is 18.0. The van der Waals surface area contributed by atoms with Gasteiger partial charge >= 0.3 is 5.82 Å². The number of aryl methyl sites for hydroxylation is 1. The molecule has 8 nitrogen and oxygen atoms in total. The number of halogens is 1. The molecule has 9 heteroatoms. The minimum Gasteiger partial charge on any atom is -0.358 e. The first-order valence-electron chi connectivity index (χ1n) is 5.29. The maximum atomic E-state index is 10.6. The van der Waals surface area contributed by atoms with Gasteiger partial charge in [-0.1, -0.05) is 23.7 Å². The highest BCUT2D eigenvalue weighted by molar-refractivity contribution is 6.32. The van der Waals surface area contributed by atoms with E-state index in [9.17, 15) is 10.1 Å². The predicted molar refractivity (Wildman–Crippen MR) is 61.3 cm³/mol. The Labute approximate surface area is 107 Å². The molecule has 0 amide bonds. The summed E-state index contributed by atoms with van der Waals surface area (Å²) in [6.07, 6.45) is 2.96. The third-order valence-electron chi connectivity index (χ3n) is 2.15. The van der Waals surface area contributed by atoms with Crippen LogP contribution in [0.4, 0.5) is 5.82 Å². The van der Waals surface area contributed by atoms with Gasteiger partial charge in [0.15, 0.2) is 10.8 Å². The standard InChI is InChI=1S/C9H10ClN5O3/c1-2-3-8-11-7(13-18-8)5-14-4-6(10)9(12-14)15(16)17/h4H,2-3,5H2,1H3. The van der Waals surface area contributed by atoms with Crippen LogP contribution in [-0.2, 0) is 13.0 Å². The number of rotatable bonds is 5. The van der Waals surface area contributed by atoms with E-state index in [1.165, 1.54) is 10.9 Å². The normalized spacial score (nSPS) is 10.8. The van der Waals surface area contributed by atoms with Crippen molar-refractivity contribution in [2.75, 3.05) is 0 Å². The van der Waals surface area contributed by atoms with Crippen LogP contribution in [0.25, 0.3) is 0 Å². The molecule has 96 valence electrons. The Bertz CT molecular complexity index is 564. The van der Waals surface area contributed by atoms with Gasteiger partial charge in [0, 0.05) is 6.42 Å². The lowest BCUT2D eigenvalue weighted by atomic mass is 10.3. The zero-order chi connectivity index (χ0) is 13.1. The van der Waals surface area contributed by atoms with Gasteiger partial charge in [-0.2, -0.15) is 9.67 Å². The van der Waals surface area contributed by atoms with Gasteiger partial charge in [-0.25, -0.2) is 0 Å². The maximum absolute atomic E-state index is 10.6. The molecule has 0 aliphatic carbocycles. The van der Waals surface area contributed by atoms with E-state index in [2.05, 4.69) is 15.2 Å². The second-order valence-corrected chi connectivity index (χ2v) is 4.02. The highest BCUT2D eigenvalue weighted by atomic mass is 35.5. The molecule has 2 aromatic rings. The van der Waals surface area contributed by atoms with Gasteiger partial charge in [0.2, 0.25) is 5.89 Å². The molecule has 0 bridgehead atoms. The van der Waals surface area contributed by atoms with Crippen molar-refractivity contribution in [3.05, 3.63) is 33.0 Å². The van der Waals surface area contributed by atoms with Crippen LogP contribution in [-0.4, -0.2) is 24.8 Å². The smallest absolute Gasteiger partial charge is 0.358 e. The maximum Gasteiger partial charge on any atom is 0.408 e. The monoisotopic (exact) mass is 271 g/mol. The van der Waals surface area contributed by atoms with Crippen LogP contribution < -0.4 is 0 Å². The van der Waals surface area contributed by atoms with Crippen LogP contribution in [0.2, 0.25) is 5.02 Å². The van der Waals surface area contributed by atoms with Crippen molar-refractivity contribution in [2.24, 2.45) is 0 Å². The molecular formula is C9H10ClN5O3. The zero-order valence-electron chi connectivity index (χ0n) is 9.54. The van der Waals surface area contributed by atoms with E-state index in [1.807, 2.05) is 6.92 Å². The number of nitro groups is 1. The lowest BCUT2D eigenvalue weighted by Gasteiger charge is -1.88. The predicted octanol–water partition coefficient (Wildman–Crippen LogP) is 1.83. The zero-order valence-corrected chi connectivity index (χ0v) is 10.3. The Kier molecular flexibility index (Phi) is 3.56. The summed E-state index contributed by atoms with van der Waals surface area (Å²) in [5.74, 6) is 0.571. The molecule has 2 aromatic heterocycles. The summed E-state index contributed by atoms with van der Waals surface area (Å²) in [6, 6.07) is 0. The third kappa shape index (κ3) is 2.65. The molecule has 0 unspecified atom stereocenters. The summed E-state index contributed by atoms with van der Waals surface area (Å²) in [4.78, 5) is 14.1. The largest absolute Gasteiger partial charge is 0.408 e. The highest BCUT2D eigenvalue weighted by Gasteiger charge is 2.20. The van der Waals surface area contributed by atoms with Crippen LogP contribution in [0.3, 0.4) is 0 Å². The third-order valence-corrected chi connectivity index (χ3v) is 2.42. The average molecular weight is 272 g/mol. The fourth-order valence-corrected chi connectivity index (χ4v) is 1.63. The molecule has 0 atom stereocenters. The average Bonchev–Trinajstić information content (AvgIpc) is 2.87. The van der Waals surface area contributed by atoms with E-state index < -0.39 is 4.92 Å². The van der Waals surface area contributed by atoms with Crippen molar-refractivity contribution >= 4 is 17.4 Å². The Balaban J connectivity index is 2.13. The molecule has 0 aliphatic heterocycles. The summed E-state index contributed by atoms with van der Waals surface area (Å²) in [5.41, 5.74) is 0. The summed E-state index contributed by atoms with van der Waals surface area (Å²) < 4.78 is 6.30. The van der Waals surface area contributed by atoms with E-state index in [0.29, 0.717) is 18.1 Å². The van der Waals surface area contributed by atoms with E-state index in [1.54, 1.807) is 0 Å². The molecule has 2 rings (SSSR count). The Morgan fingerprint density at radius 3 is 3.00 bits per heavy atom. The van der Waals surface area contributed by atoms with Crippen LogP contribution in [0.1, 0.15) is 25.1 Å². The molecule has 0 fully saturated rings. The second kappa shape index (κ2) is 5.13. The quantitative estimate of drug-likeness (QED) is 0.607. The van der Waals surface area contributed by atoms with Crippen LogP contribution >= 0.6 is 11.6 Å². The van der Waals surface area contributed by atoms with Crippen molar-refractivity contribution < 1.29 is 9.45 Å². The van der Waals surface area contributed by atoms with Gasteiger partial charge < -0.3 is 14.6 Å². The van der Waals surface area contributed by atoms with Gasteiger partial charge in [-0.15, -0.1) is 0 Å². The Hall–Kier alpha value is -1.96. The van der Waals surface area contributed by atoms with Crippen LogP contribution in [0, 0.1) is 10.1 Å². The lowest BCUT2D eigenvalue weighted by Crippen LogP contribution is -2.03. The summed E-state index contributed by atoms with van der Waals surface area (Å²) in [6.45, 7) is 2.18. The Morgan fingerprint density at radius 1 is 1.61 bits per heavy atom. The lowest BCUT2D eigenvalue weighted by molar-refractivity contribution is -0.389. The minimum atomic E-state index is -0.641. The molecular weight excluding hydrogens is 262 g/mol. The van der Waals surface area contributed by atoms with Gasteiger partial charge in [0.1, 0.15) is 6.54 Å². The second-order valence-electron chi connectivity index (χ2n) is 3.61. The molecule has 0 saturated carbocycles. The van der Waals surface area contributed by atoms with Crippen molar-refractivity contribution in [1.29, 1.82) is 0 Å². The Morgan fingerprint density at radius 2 is 2.39 bits per heavy atom. The first kappa shape index (κ1) is 12.5. The van der Waals surface area contributed by atoms with Gasteiger partial charge in [-0.3, -0.25) is 0 Å². The highest BCUT2D eigenvalue weighted by Crippen LogP contribution is 2.21. The molecule has 18 heavy (non-hydrogen) atoms. The number of aromatic nitrogens is 4. The van der Waals surface area contributed by atoms with Crippen LogP contribution in [0.15, 0.2) is 10.7 Å². The minimum absolute atomic E-state index is 0.0164. The van der Waals surface area contributed by atoms with Gasteiger partial charge in [-0.05, 0) is 11.3 Å². The molecule has 0 aromatic carbocycles. The van der Waals surface area contributed by atoms with E-state index in [0.717, 1.165) is 6.42 Å². The van der Waals surface area contributed by atoms with Crippen molar-refractivity contribution in [3.63, 3.8) is 0 Å². The topological polar surface area (TPSA) is 99.9 Å². The van der Waals surface area contributed by atoms with E-state index in [-0.39, 0.29) is 17.4 Å². The molecule has 0 N–H and O–H groups in total. The molecule has 0 radical (unpaired) electrons. The fraction of sp³-hybridized carbons (Fsp3) is 0.444. The molecule has 0 saturated heterocycles. The number of nitrogens with zero attached hydrogens (tertiary/aromatic N) is 5.